The predicted molar refractivity (Wildman–Crippen MR) is 53.9 cm³/mol. The SMILES string of the molecule is COC(=O)c1ncc(OC(F)(F)F)c(C(F)F)c1[N+](=O)[O-]. The Hall–Kier alpha value is -2.53. The molecule has 0 aromatic carbocycles. The zero-order valence-corrected chi connectivity index (χ0v) is 9.98. The van der Waals surface area contributed by atoms with Crippen molar-refractivity contribution in [3.05, 3.63) is 27.6 Å². The Bertz CT molecular complexity index is 574. The van der Waals surface area contributed by atoms with Gasteiger partial charge in [-0.3, -0.25) is 10.1 Å². The second-order valence-electron chi connectivity index (χ2n) is 3.33. The number of aromatic nitrogens is 1. The van der Waals surface area contributed by atoms with Crippen LogP contribution in [0.15, 0.2) is 6.20 Å². The summed E-state index contributed by atoms with van der Waals surface area (Å²) in [5.74, 6) is -3.03. The monoisotopic (exact) mass is 316 g/mol. The fraction of sp³-hybridized carbons (Fsp3) is 0.333. The topological polar surface area (TPSA) is 91.6 Å². The second kappa shape index (κ2) is 5.85. The number of nitro groups is 1. The molecule has 116 valence electrons. The molecule has 7 nitrogen and oxygen atoms in total. The molecule has 21 heavy (non-hydrogen) atoms. The number of esters is 1. The van der Waals surface area contributed by atoms with Gasteiger partial charge in [-0.1, -0.05) is 0 Å². The van der Waals surface area contributed by atoms with Gasteiger partial charge in [0, 0.05) is 0 Å². The van der Waals surface area contributed by atoms with Crippen LogP contribution < -0.4 is 4.74 Å². The number of rotatable bonds is 4. The van der Waals surface area contributed by atoms with Gasteiger partial charge in [0.1, 0.15) is 5.56 Å². The maximum Gasteiger partial charge on any atom is 0.573 e. The third-order valence-corrected chi connectivity index (χ3v) is 2.06. The van der Waals surface area contributed by atoms with Crippen molar-refractivity contribution in [2.75, 3.05) is 7.11 Å². The average Bonchev–Trinajstić information content (AvgIpc) is 2.34. The summed E-state index contributed by atoms with van der Waals surface area (Å²) in [5.41, 5.74) is -4.49. The molecule has 0 radical (unpaired) electrons. The summed E-state index contributed by atoms with van der Waals surface area (Å²) >= 11 is 0. The molecule has 0 aliphatic heterocycles. The maximum absolute atomic E-state index is 12.8. The van der Waals surface area contributed by atoms with E-state index in [-0.39, 0.29) is 6.20 Å². The molecule has 12 heteroatoms. The van der Waals surface area contributed by atoms with E-state index in [9.17, 15) is 36.9 Å². The zero-order valence-electron chi connectivity index (χ0n) is 9.98. The number of nitrogens with zero attached hydrogens (tertiary/aromatic N) is 2. The van der Waals surface area contributed by atoms with Gasteiger partial charge >= 0.3 is 18.0 Å². The maximum atomic E-state index is 12.8. The van der Waals surface area contributed by atoms with Crippen LogP contribution in [0.4, 0.5) is 27.6 Å². The molecule has 1 aromatic heterocycles. The molecule has 0 atom stereocenters. The number of carbonyl (C=O) groups is 1. The first-order valence-corrected chi connectivity index (χ1v) is 4.88. The second-order valence-corrected chi connectivity index (χ2v) is 3.33. The van der Waals surface area contributed by atoms with Crippen LogP contribution in [0.2, 0.25) is 0 Å². The lowest BCUT2D eigenvalue weighted by atomic mass is 10.1. The Morgan fingerprint density at radius 2 is 2.00 bits per heavy atom. The van der Waals surface area contributed by atoms with Gasteiger partial charge in [0.05, 0.1) is 18.2 Å². The van der Waals surface area contributed by atoms with E-state index in [1.807, 2.05) is 0 Å². The van der Waals surface area contributed by atoms with Crippen LogP contribution in [0, 0.1) is 10.1 Å². The van der Waals surface area contributed by atoms with Crippen LogP contribution in [0.25, 0.3) is 0 Å². The lowest BCUT2D eigenvalue weighted by Gasteiger charge is -2.13. The van der Waals surface area contributed by atoms with Crippen molar-refractivity contribution in [2.24, 2.45) is 0 Å². The predicted octanol–water partition coefficient (Wildman–Crippen LogP) is 2.61. The molecule has 0 aliphatic carbocycles. The lowest BCUT2D eigenvalue weighted by Crippen LogP contribution is -2.20. The molecule has 0 N–H and O–H groups in total. The summed E-state index contributed by atoms with van der Waals surface area (Å²) in [7, 11) is 0.788. The summed E-state index contributed by atoms with van der Waals surface area (Å²) in [4.78, 5) is 23.5. The quantitative estimate of drug-likeness (QED) is 0.367. The van der Waals surface area contributed by atoms with Gasteiger partial charge < -0.3 is 9.47 Å². The standard InChI is InChI=1S/C9H5F5N2O5/c1-20-8(17)5-6(16(18)19)4(7(10)11)3(2-15-5)21-9(12,13)14/h2,7H,1H3. The van der Waals surface area contributed by atoms with Gasteiger partial charge in [0.2, 0.25) is 5.69 Å². The molecule has 0 aliphatic rings. The highest BCUT2D eigenvalue weighted by Crippen LogP contribution is 2.40. The first kappa shape index (κ1) is 16.5. The number of pyridine rings is 1. The minimum absolute atomic E-state index is 0.133. The number of alkyl halides is 5. The van der Waals surface area contributed by atoms with E-state index in [0.29, 0.717) is 0 Å². The lowest BCUT2D eigenvalue weighted by molar-refractivity contribution is -0.387. The Morgan fingerprint density at radius 1 is 1.43 bits per heavy atom. The number of hydrogen-bond acceptors (Lipinski definition) is 6. The summed E-state index contributed by atoms with van der Waals surface area (Å²) in [6, 6.07) is 0. The number of methoxy groups -OCH3 is 1. The largest absolute Gasteiger partial charge is 0.573 e. The van der Waals surface area contributed by atoms with Crippen molar-refractivity contribution >= 4 is 11.7 Å². The molecule has 0 spiro atoms. The Labute approximate surface area is 112 Å². The summed E-state index contributed by atoms with van der Waals surface area (Å²) < 4.78 is 69.3. The molecule has 0 fully saturated rings. The molecule has 0 bridgehead atoms. The molecule has 1 rings (SSSR count). The van der Waals surface area contributed by atoms with Gasteiger partial charge in [-0.05, 0) is 0 Å². The third-order valence-electron chi connectivity index (χ3n) is 2.06. The fourth-order valence-corrected chi connectivity index (χ4v) is 1.35. The van der Waals surface area contributed by atoms with Crippen LogP contribution in [-0.4, -0.2) is 29.3 Å². The first-order valence-electron chi connectivity index (χ1n) is 4.88. The van der Waals surface area contributed by atoms with Crippen molar-refractivity contribution in [1.29, 1.82) is 0 Å². The average molecular weight is 316 g/mol. The third kappa shape index (κ3) is 3.73. The minimum Gasteiger partial charge on any atom is -0.464 e. The van der Waals surface area contributed by atoms with Crippen molar-refractivity contribution < 1.29 is 41.1 Å². The number of ether oxygens (including phenoxy) is 2. The van der Waals surface area contributed by atoms with E-state index < -0.39 is 46.4 Å². The molecule has 0 saturated heterocycles. The van der Waals surface area contributed by atoms with Crippen LogP contribution in [0.1, 0.15) is 22.5 Å². The number of carbonyl (C=O) groups excluding carboxylic acids is 1. The summed E-state index contributed by atoms with van der Waals surface area (Å²) in [5, 5.41) is 10.8. The van der Waals surface area contributed by atoms with Crippen LogP contribution in [-0.2, 0) is 4.74 Å². The smallest absolute Gasteiger partial charge is 0.464 e. The van der Waals surface area contributed by atoms with Gasteiger partial charge in [0.15, 0.2) is 5.75 Å². The van der Waals surface area contributed by atoms with E-state index >= 15 is 0 Å². The zero-order chi connectivity index (χ0) is 16.4. The number of halogens is 5. The Balaban J connectivity index is 3.61. The molecule has 0 unspecified atom stereocenters. The summed E-state index contributed by atoms with van der Waals surface area (Å²) in [6.45, 7) is 0. The van der Waals surface area contributed by atoms with Crippen molar-refractivity contribution in [3.63, 3.8) is 0 Å². The Kier molecular flexibility index (Phi) is 4.60. The van der Waals surface area contributed by atoms with Crippen molar-refractivity contribution in [3.8, 4) is 5.75 Å². The molecule has 1 aromatic rings. The van der Waals surface area contributed by atoms with Crippen LogP contribution in [0.5, 0.6) is 5.75 Å². The van der Waals surface area contributed by atoms with Gasteiger partial charge in [0.25, 0.3) is 6.43 Å². The van der Waals surface area contributed by atoms with E-state index in [1.54, 1.807) is 0 Å². The highest BCUT2D eigenvalue weighted by atomic mass is 19.4. The number of hydrogen-bond donors (Lipinski definition) is 0. The molecule has 0 saturated carbocycles. The van der Waals surface area contributed by atoms with Gasteiger partial charge in [-0.2, -0.15) is 0 Å². The van der Waals surface area contributed by atoms with Gasteiger partial charge in [-0.15, -0.1) is 13.2 Å². The van der Waals surface area contributed by atoms with E-state index in [1.165, 1.54) is 0 Å². The molecule has 1 heterocycles. The molecular formula is C9H5F5N2O5. The van der Waals surface area contributed by atoms with Crippen molar-refractivity contribution in [1.82, 2.24) is 4.98 Å². The highest BCUT2D eigenvalue weighted by molar-refractivity contribution is 5.92. The normalized spacial score (nSPS) is 11.4. The fourth-order valence-electron chi connectivity index (χ4n) is 1.35. The van der Waals surface area contributed by atoms with Crippen molar-refractivity contribution in [2.45, 2.75) is 12.8 Å². The molecular weight excluding hydrogens is 311 g/mol. The highest BCUT2D eigenvalue weighted by Gasteiger charge is 2.39. The summed E-state index contributed by atoms with van der Waals surface area (Å²) in [6.07, 6.45) is -8.95. The Morgan fingerprint density at radius 3 is 2.38 bits per heavy atom. The minimum atomic E-state index is -5.37. The van der Waals surface area contributed by atoms with E-state index in [0.717, 1.165) is 7.11 Å². The molecule has 0 amide bonds. The van der Waals surface area contributed by atoms with E-state index in [4.69, 9.17) is 0 Å². The van der Waals surface area contributed by atoms with Crippen LogP contribution in [0.3, 0.4) is 0 Å². The first-order chi connectivity index (χ1) is 9.58. The van der Waals surface area contributed by atoms with Crippen LogP contribution >= 0.6 is 0 Å². The van der Waals surface area contributed by atoms with Gasteiger partial charge in [-0.25, -0.2) is 18.6 Å². The van der Waals surface area contributed by atoms with E-state index in [2.05, 4.69) is 14.5 Å².